The third-order valence-corrected chi connectivity index (χ3v) is 7.10. The molecule has 4 aromatic rings. The van der Waals surface area contributed by atoms with Crippen LogP contribution >= 0.6 is 0 Å². The van der Waals surface area contributed by atoms with Gasteiger partial charge in [0.1, 0.15) is 11.3 Å². The number of carbonyl (C=O) groups excluding carboxylic acids is 2. The zero-order chi connectivity index (χ0) is 29.6. The van der Waals surface area contributed by atoms with E-state index in [1.165, 1.54) is 4.90 Å². The number of anilines is 2. The molecule has 14 nitrogen and oxygen atoms in total. The van der Waals surface area contributed by atoms with Crippen LogP contribution in [0.2, 0.25) is 0 Å². The number of aliphatic hydroxyl groups is 1. The van der Waals surface area contributed by atoms with Gasteiger partial charge in [0.05, 0.1) is 35.0 Å². The number of amides is 2. The third kappa shape index (κ3) is 5.28. The van der Waals surface area contributed by atoms with Crippen molar-refractivity contribution in [2.45, 2.75) is 44.4 Å². The van der Waals surface area contributed by atoms with E-state index in [9.17, 15) is 14.7 Å². The summed E-state index contributed by atoms with van der Waals surface area (Å²) in [6.45, 7) is 6.99. The first kappa shape index (κ1) is 27.3. The molecule has 0 radical (unpaired) electrons. The second-order valence-electron chi connectivity index (χ2n) is 11.5. The Bertz CT molecular complexity index is 1640. The average Bonchev–Trinajstić information content (AvgIpc) is 3.65. The van der Waals surface area contributed by atoms with E-state index < -0.39 is 17.1 Å². The van der Waals surface area contributed by atoms with Gasteiger partial charge in [-0.1, -0.05) is 11.2 Å². The van der Waals surface area contributed by atoms with Crippen molar-refractivity contribution in [3.8, 4) is 22.8 Å². The molecule has 2 amide bonds. The summed E-state index contributed by atoms with van der Waals surface area (Å²) in [4.78, 5) is 41.3. The molecule has 2 N–H and O–H groups in total. The minimum Gasteiger partial charge on any atom is -0.444 e. The highest BCUT2D eigenvalue weighted by atomic mass is 16.6. The van der Waals surface area contributed by atoms with Crippen molar-refractivity contribution in [3.63, 3.8) is 0 Å². The Morgan fingerprint density at radius 2 is 1.88 bits per heavy atom. The predicted octanol–water partition coefficient (Wildman–Crippen LogP) is 2.98. The molecular formula is C28H31N9O5. The second kappa shape index (κ2) is 10.2. The number of hydrogen-bond donors (Lipinski definition) is 2. The van der Waals surface area contributed by atoms with Crippen molar-refractivity contribution in [2.75, 3.05) is 32.0 Å². The molecular weight excluding hydrogens is 542 g/mol. The molecule has 0 bridgehead atoms. The number of hydrogen-bond acceptors (Lipinski definition) is 11. The van der Waals surface area contributed by atoms with E-state index in [1.807, 2.05) is 39.1 Å². The van der Waals surface area contributed by atoms with E-state index in [4.69, 9.17) is 9.26 Å². The molecule has 0 aliphatic carbocycles. The van der Waals surface area contributed by atoms with Gasteiger partial charge in [0.2, 0.25) is 11.5 Å². The maximum atomic E-state index is 12.4. The predicted molar refractivity (Wildman–Crippen MR) is 149 cm³/mol. The lowest BCUT2D eigenvalue weighted by molar-refractivity contribution is -0.144. The van der Waals surface area contributed by atoms with Gasteiger partial charge in [-0.15, -0.1) is 0 Å². The van der Waals surface area contributed by atoms with E-state index >= 15 is 0 Å². The van der Waals surface area contributed by atoms with Gasteiger partial charge < -0.3 is 29.5 Å². The van der Waals surface area contributed by atoms with Crippen LogP contribution in [0.25, 0.3) is 22.8 Å². The number of likely N-dealkylation sites (tertiary alicyclic amines) is 2. The Morgan fingerprint density at radius 1 is 1.14 bits per heavy atom. The van der Waals surface area contributed by atoms with Crippen molar-refractivity contribution in [3.05, 3.63) is 54.7 Å². The molecule has 2 fully saturated rings. The largest absolute Gasteiger partial charge is 0.444 e. The molecule has 218 valence electrons. The monoisotopic (exact) mass is 573 g/mol. The smallest absolute Gasteiger partial charge is 0.410 e. The van der Waals surface area contributed by atoms with Crippen LogP contribution in [0, 0.1) is 0 Å². The zero-order valence-corrected chi connectivity index (χ0v) is 23.7. The lowest BCUT2D eigenvalue weighted by atomic mass is 9.98. The first-order chi connectivity index (χ1) is 20.0. The summed E-state index contributed by atoms with van der Waals surface area (Å²) < 4.78 is 12.6. The standard InChI is InChI=1S/C28H31N9O5/c1-27(2,3)41-26(39)36-15-18(16-36)37-14-17(13-30-37)31-25-29-10-8-21(33-25)19-6-5-7-20(32-19)22-12-23(42-34-22)28(40)9-11-35(4)24(28)38/h5-8,10,12-14,18,40H,9,11,15-16H2,1-4H3,(H,29,31,33)/t28-/m1/s1. The van der Waals surface area contributed by atoms with Crippen LogP contribution in [0.4, 0.5) is 16.4 Å². The summed E-state index contributed by atoms with van der Waals surface area (Å²) in [5.41, 5.74) is 0.477. The summed E-state index contributed by atoms with van der Waals surface area (Å²) in [6, 6.07) is 8.72. The summed E-state index contributed by atoms with van der Waals surface area (Å²) in [5.74, 6) is 0.0274. The van der Waals surface area contributed by atoms with Crippen molar-refractivity contribution >= 4 is 23.6 Å². The normalized spacial score (nSPS) is 19.2. The molecule has 2 aliphatic rings. The number of ether oxygens (including phenoxy) is 1. The molecule has 2 saturated heterocycles. The van der Waals surface area contributed by atoms with Crippen LogP contribution in [-0.4, -0.2) is 89.1 Å². The van der Waals surface area contributed by atoms with Gasteiger partial charge in [-0.05, 0) is 39.0 Å². The van der Waals surface area contributed by atoms with Gasteiger partial charge in [0.15, 0.2) is 5.76 Å². The fraction of sp³-hybridized carbons (Fsp3) is 0.393. The summed E-state index contributed by atoms with van der Waals surface area (Å²) in [7, 11) is 1.63. The maximum Gasteiger partial charge on any atom is 0.410 e. The van der Waals surface area contributed by atoms with Crippen LogP contribution in [0.3, 0.4) is 0 Å². The Labute approximate surface area is 241 Å². The number of aromatic nitrogens is 6. The van der Waals surface area contributed by atoms with Gasteiger partial charge in [-0.25, -0.2) is 19.7 Å². The van der Waals surface area contributed by atoms with Gasteiger partial charge in [0.25, 0.3) is 5.91 Å². The molecule has 4 aromatic heterocycles. The van der Waals surface area contributed by atoms with Gasteiger partial charge in [-0.2, -0.15) is 5.10 Å². The topological polar surface area (TPSA) is 165 Å². The fourth-order valence-corrected chi connectivity index (χ4v) is 4.78. The van der Waals surface area contributed by atoms with E-state index in [1.54, 1.807) is 47.2 Å². The lowest BCUT2D eigenvalue weighted by Gasteiger charge is -2.39. The number of nitrogens with one attached hydrogen (secondary N) is 1. The molecule has 42 heavy (non-hydrogen) atoms. The molecule has 0 unspecified atom stereocenters. The molecule has 2 aliphatic heterocycles. The number of carbonyl (C=O) groups is 2. The maximum absolute atomic E-state index is 12.4. The average molecular weight is 574 g/mol. The van der Waals surface area contributed by atoms with E-state index in [-0.39, 0.29) is 24.3 Å². The lowest BCUT2D eigenvalue weighted by Crippen LogP contribution is -2.52. The fourth-order valence-electron chi connectivity index (χ4n) is 4.78. The van der Waals surface area contributed by atoms with Gasteiger partial charge in [-0.3, -0.25) is 9.48 Å². The summed E-state index contributed by atoms with van der Waals surface area (Å²) >= 11 is 0. The SMILES string of the molecule is CN1CC[C@@](O)(c2cc(-c3cccc(-c4ccnc(Nc5cnn(C6CN(C(=O)OC(C)(C)C)C6)c5)n4)n3)no2)C1=O. The summed E-state index contributed by atoms with van der Waals surface area (Å²) in [5, 5.41) is 22.5. The number of rotatable bonds is 6. The zero-order valence-electron chi connectivity index (χ0n) is 23.7. The first-order valence-corrected chi connectivity index (χ1v) is 13.5. The Kier molecular flexibility index (Phi) is 6.64. The highest BCUT2D eigenvalue weighted by Gasteiger charge is 2.48. The molecule has 1 atom stereocenters. The van der Waals surface area contributed by atoms with Crippen LogP contribution in [0.15, 0.2) is 53.4 Å². The van der Waals surface area contributed by atoms with Crippen molar-refractivity contribution in [1.29, 1.82) is 0 Å². The van der Waals surface area contributed by atoms with Gasteiger partial charge in [0, 0.05) is 51.6 Å². The van der Waals surface area contributed by atoms with Crippen LogP contribution in [0.5, 0.6) is 0 Å². The molecule has 0 spiro atoms. The highest BCUT2D eigenvalue weighted by molar-refractivity contribution is 5.87. The number of pyridine rings is 1. The highest BCUT2D eigenvalue weighted by Crippen LogP contribution is 2.34. The van der Waals surface area contributed by atoms with Gasteiger partial charge >= 0.3 is 6.09 Å². The van der Waals surface area contributed by atoms with E-state index in [0.29, 0.717) is 54.0 Å². The van der Waals surface area contributed by atoms with Crippen molar-refractivity contribution < 1.29 is 24.0 Å². The van der Waals surface area contributed by atoms with Crippen LogP contribution in [-0.2, 0) is 15.1 Å². The minimum atomic E-state index is -1.73. The second-order valence-corrected chi connectivity index (χ2v) is 11.5. The molecule has 6 rings (SSSR count). The quantitative estimate of drug-likeness (QED) is 0.348. The minimum absolute atomic E-state index is 0.0534. The van der Waals surface area contributed by atoms with E-state index in [0.717, 1.165) is 0 Å². The number of nitrogens with zero attached hydrogens (tertiary/aromatic N) is 8. The molecule has 0 saturated carbocycles. The Morgan fingerprint density at radius 3 is 2.60 bits per heavy atom. The van der Waals surface area contributed by atoms with Crippen molar-refractivity contribution in [2.24, 2.45) is 0 Å². The summed E-state index contributed by atoms with van der Waals surface area (Å²) in [6.07, 6.45) is 5.04. The number of likely N-dealkylation sites (N-methyl/N-ethyl adjacent to an activating group) is 1. The molecule has 6 heterocycles. The van der Waals surface area contributed by atoms with Crippen LogP contribution in [0.1, 0.15) is 39.0 Å². The Hall–Kier alpha value is -4.85. The first-order valence-electron chi connectivity index (χ1n) is 13.5. The molecule has 14 heteroatoms. The van der Waals surface area contributed by atoms with Crippen LogP contribution < -0.4 is 5.32 Å². The Balaban J connectivity index is 1.12. The molecule has 0 aromatic carbocycles. The third-order valence-electron chi connectivity index (χ3n) is 7.10. The van der Waals surface area contributed by atoms with Crippen molar-refractivity contribution in [1.82, 2.24) is 39.7 Å². The van der Waals surface area contributed by atoms with E-state index in [2.05, 4.69) is 30.5 Å².